The van der Waals surface area contributed by atoms with Crippen molar-refractivity contribution in [3.63, 3.8) is 0 Å². The van der Waals surface area contributed by atoms with Gasteiger partial charge in [-0.1, -0.05) is 36.4 Å². The summed E-state index contributed by atoms with van der Waals surface area (Å²) < 4.78 is 18.9. The molecule has 3 rings (SSSR count). The molecule has 0 saturated carbocycles. The molecule has 3 aromatic rings. The summed E-state index contributed by atoms with van der Waals surface area (Å²) in [5.41, 5.74) is 1.15. The SMILES string of the molecule is O=C(NCCSCc1ccccc1F)/C(=C/c1ccco1)NC(=O)c1ccccc1. The fourth-order valence-corrected chi connectivity index (χ4v) is 3.43. The number of amides is 2. The zero-order chi connectivity index (χ0) is 21.2. The molecule has 0 fully saturated rings. The Morgan fingerprint density at radius 3 is 2.50 bits per heavy atom. The third-order valence-electron chi connectivity index (χ3n) is 4.11. The summed E-state index contributed by atoms with van der Waals surface area (Å²) in [7, 11) is 0. The first-order valence-corrected chi connectivity index (χ1v) is 10.5. The summed E-state index contributed by atoms with van der Waals surface area (Å²) in [6.45, 7) is 0.370. The third kappa shape index (κ3) is 6.35. The fraction of sp³-hybridized carbons (Fsp3) is 0.130. The van der Waals surface area contributed by atoms with Crippen LogP contribution in [-0.4, -0.2) is 24.1 Å². The van der Waals surface area contributed by atoms with Crippen LogP contribution in [-0.2, 0) is 10.5 Å². The van der Waals surface area contributed by atoms with E-state index in [1.54, 1.807) is 54.6 Å². The molecule has 0 aliphatic heterocycles. The van der Waals surface area contributed by atoms with Crippen molar-refractivity contribution >= 4 is 29.7 Å². The van der Waals surface area contributed by atoms with Gasteiger partial charge < -0.3 is 15.1 Å². The number of thioether (sulfide) groups is 1. The van der Waals surface area contributed by atoms with Crippen molar-refractivity contribution in [1.29, 1.82) is 0 Å². The number of hydrogen-bond acceptors (Lipinski definition) is 4. The molecule has 0 saturated heterocycles. The number of carbonyl (C=O) groups excluding carboxylic acids is 2. The Morgan fingerprint density at radius 2 is 1.77 bits per heavy atom. The molecule has 0 aliphatic carbocycles. The average molecular weight is 424 g/mol. The van der Waals surface area contributed by atoms with Gasteiger partial charge in [-0.2, -0.15) is 11.8 Å². The molecule has 2 N–H and O–H groups in total. The number of rotatable bonds is 9. The largest absolute Gasteiger partial charge is 0.465 e. The summed E-state index contributed by atoms with van der Waals surface area (Å²) in [5.74, 6) is 0.506. The van der Waals surface area contributed by atoms with Crippen molar-refractivity contribution < 1.29 is 18.4 Å². The van der Waals surface area contributed by atoms with E-state index in [1.165, 1.54) is 30.2 Å². The predicted octanol–water partition coefficient (Wildman–Crippen LogP) is 4.24. The molecule has 2 amide bonds. The molecule has 0 radical (unpaired) electrons. The van der Waals surface area contributed by atoms with E-state index in [1.807, 2.05) is 6.07 Å². The van der Waals surface area contributed by atoms with Crippen LogP contribution in [0.15, 0.2) is 83.1 Å². The Kier molecular flexibility index (Phi) is 7.86. The molecule has 1 aromatic heterocycles. The summed E-state index contributed by atoms with van der Waals surface area (Å²) >= 11 is 1.51. The quantitative estimate of drug-likeness (QED) is 0.398. The molecule has 30 heavy (non-hydrogen) atoms. The Bertz CT molecular complexity index is 1000. The summed E-state index contributed by atoms with van der Waals surface area (Å²) in [6, 6.07) is 18.6. The van der Waals surface area contributed by atoms with E-state index in [-0.39, 0.29) is 11.5 Å². The van der Waals surface area contributed by atoms with E-state index in [0.29, 0.717) is 34.9 Å². The Morgan fingerprint density at radius 1 is 1.00 bits per heavy atom. The lowest BCUT2D eigenvalue weighted by atomic mass is 10.2. The zero-order valence-corrected chi connectivity index (χ0v) is 17.0. The van der Waals surface area contributed by atoms with E-state index < -0.39 is 11.8 Å². The van der Waals surface area contributed by atoms with Gasteiger partial charge in [-0.3, -0.25) is 9.59 Å². The van der Waals surface area contributed by atoms with Crippen LogP contribution in [0.3, 0.4) is 0 Å². The van der Waals surface area contributed by atoms with Crippen LogP contribution in [0, 0.1) is 5.82 Å². The van der Waals surface area contributed by atoms with Crippen LogP contribution in [0.2, 0.25) is 0 Å². The summed E-state index contributed by atoms with van der Waals surface area (Å²) in [4.78, 5) is 25.1. The Hall–Kier alpha value is -3.32. The molecule has 154 valence electrons. The van der Waals surface area contributed by atoms with Crippen molar-refractivity contribution in [2.75, 3.05) is 12.3 Å². The molecular formula is C23H21FN2O3S. The van der Waals surface area contributed by atoms with Gasteiger partial charge in [-0.05, 0) is 35.9 Å². The number of carbonyl (C=O) groups is 2. The van der Waals surface area contributed by atoms with E-state index in [0.717, 1.165) is 0 Å². The fourth-order valence-electron chi connectivity index (χ4n) is 2.59. The number of halogens is 1. The smallest absolute Gasteiger partial charge is 0.267 e. The molecular weight excluding hydrogens is 403 g/mol. The summed E-state index contributed by atoms with van der Waals surface area (Å²) in [6.07, 6.45) is 2.96. The van der Waals surface area contributed by atoms with Crippen LogP contribution in [0.4, 0.5) is 4.39 Å². The standard InChI is InChI=1S/C23H21FN2O3S/c24-20-11-5-4-9-18(20)16-30-14-12-25-23(28)21(15-19-10-6-13-29-19)26-22(27)17-7-2-1-3-8-17/h1-11,13,15H,12,14,16H2,(H,25,28)(H,26,27)/b21-15-. The number of nitrogens with one attached hydrogen (secondary N) is 2. The van der Waals surface area contributed by atoms with Gasteiger partial charge in [0, 0.05) is 29.7 Å². The minimum atomic E-state index is -0.429. The lowest BCUT2D eigenvalue weighted by molar-refractivity contribution is -0.117. The van der Waals surface area contributed by atoms with Gasteiger partial charge in [0.15, 0.2) is 0 Å². The minimum Gasteiger partial charge on any atom is -0.465 e. The zero-order valence-electron chi connectivity index (χ0n) is 16.1. The number of furan rings is 1. The van der Waals surface area contributed by atoms with Crippen LogP contribution < -0.4 is 10.6 Å². The van der Waals surface area contributed by atoms with Crippen molar-refractivity contribution in [2.45, 2.75) is 5.75 Å². The molecule has 0 unspecified atom stereocenters. The van der Waals surface area contributed by atoms with Gasteiger partial charge in [0.2, 0.25) is 0 Å². The highest BCUT2D eigenvalue weighted by atomic mass is 32.2. The second-order valence-electron chi connectivity index (χ2n) is 6.29. The van der Waals surface area contributed by atoms with Gasteiger partial charge >= 0.3 is 0 Å². The molecule has 7 heteroatoms. The maximum Gasteiger partial charge on any atom is 0.267 e. The van der Waals surface area contributed by atoms with Crippen LogP contribution in [0.25, 0.3) is 6.08 Å². The molecule has 0 spiro atoms. The molecule has 1 heterocycles. The van der Waals surface area contributed by atoms with Gasteiger partial charge in [0.05, 0.1) is 6.26 Å². The molecule has 0 aliphatic rings. The molecule has 0 bridgehead atoms. The first kappa shape index (κ1) is 21.4. The monoisotopic (exact) mass is 424 g/mol. The number of benzene rings is 2. The highest BCUT2D eigenvalue weighted by Gasteiger charge is 2.15. The highest BCUT2D eigenvalue weighted by Crippen LogP contribution is 2.15. The third-order valence-corrected chi connectivity index (χ3v) is 5.11. The topological polar surface area (TPSA) is 71.3 Å². The predicted molar refractivity (Wildman–Crippen MR) is 116 cm³/mol. The maximum absolute atomic E-state index is 13.6. The first-order chi connectivity index (χ1) is 14.6. The van der Waals surface area contributed by atoms with E-state index in [2.05, 4.69) is 10.6 Å². The van der Waals surface area contributed by atoms with Crippen molar-refractivity contribution in [2.24, 2.45) is 0 Å². The Labute approximate surface area is 178 Å². The van der Waals surface area contributed by atoms with Crippen molar-refractivity contribution in [3.8, 4) is 0 Å². The van der Waals surface area contributed by atoms with Gasteiger partial charge in [-0.15, -0.1) is 0 Å². The van der Waals surface area contributed by atoms with Gasteiger partial charge in [-0.25, -0.2) is 4.39 Å². The van der Waals surface area contributed by atoms with Crippen LogP contribution >= 0.6 is 11.8 Å². The van der Waals surface area contributed by atoms with Gasteiger partial charge in [0.25, 0.3) is 11.8 Å². The summed E-state index contributed by atoms with van der Waals surface area (Å²) in [5, 5.41) is 5.41. The molecule has 0 atom stereocenters. The second kappa shape index (κ2) is 11.0. The maximum atomic E-state index is 13.6. The average Bonchev–Trinajstić information content (AvgIpc) is 3.28. The minimum absolute atomic E-state index is 0.0814. The molecule has 2 aromatic carbocycles. The van der Waals surface area contributed by atoms with Crippen molar-refractivity contribution in [3.05, 3.63) is 101 Å². The normalized spacial score (nSPS) is 11.2. The number of hydrogen-bond donors (Lipinski definition) is 2. The first-order valence-electron chi connectivity index (χ1n) is 9.34. The van der Waals surface area contributed by atoms with Crippen molar-refractivity contribution in [1.82, 2.24) is 10.6 Å². The second-order valence-corrected chi connectivity index (χ2v) is 7.40. The van der Waals surface area contributed by atoms with E-state index >= 15 is 0 Å². The highest BCUT2D eigenvalue weighted by molar-refractivity contribution is 7.98. The lowest BCUT2D eigenvalue weighted by Crippen LogP contribution is -2.35. The van der Waals surface area contributed by atoms with Crippen LogP contribution in [0.1, 0.15) is 21.7 Å². The Balaban J connectivity index is 1.56. The van der Waals surface area contributed by atoms with Crippen LogP contribution in [0.5, 0.6) is 0 Å². The lowest BCUT2D eigenvalue weighted by Gasteiger charge is -2.11. The van der Waals surface area contributed by atoms with E-state index in [9.17, 15) is 14.0 Å². The van der Waals surface area contributed by atoms with E-state index in [4.69, 9.17) is 4.42 Å². The molecule has 5 nitrogen and oxygen atoms in total. The van der Waals surface area contributed by atoms with Gasteiger partial charge in [0.1, 0.15) is 17.3 Å².